The molecule has 39 heavy (non-hydrogen) atoms. The molecule has 1 aromatic carbocycles. The molecule has 0 bridgehead atoms. The second-order valence-corrected chi connectivity index (χ2v) is 8.82. The molecule has 2 amide bonds. The molecule has 1 aliphatic heterocycles. The van der Waals surface area contributed by atoms with Crippen LogP contribution in [-0.4, -0.2) is 49.2 Å². The van der Waals surface area contributed by atoms with E-state index in [9.17, 15) is 14.9 Å². The summed E-state index contributed by atoms with van der Waals surface area (Å²) in [5.41, 5.74) is 9.00. The number of anilines is 2. The number of amides is 2. The van der Waals surface area contributed by atoms with Crippen molar-refractivity contribution in [3.63, 3.8) is 0 Å². The average molecular weight is 516 g/mol. The topological polar surface area (TPSA) is 166 Å². The van der Waals surface area contributed by atoms with Gasteiger partial charge in [0, 0.05) is 42.5 Å². The van der Waals surface area contributed by atoms with Gasteiger partial charge in [-0.2, -0.15) is 10.5 Å². The Morgan fingerprint density at radius 2 is 1.92 bits per heavy atom. The van der Waals surface area contributed by atoms with E-state index in [1.54, 1.807) is 40.6 Å². The van der Waals surface area contributed by atoms with Gasteiger partial charge in [0.25, 0.3) is 11.8 Å². The lowest BCUT2D eigenvalue weighted by atomic mass is 10.0. The lowest BCUT2D eigenvalue weighted by Crippen LogP contribution is -2.26. The number of imidazole rings is 1. The lowest BCUT2D eigenvalue weighted by molar-refractivity contribution is -0.124. The maximum absolute atomic E-state index is 12.9. The third kappa shape index (κ3) is 4.71. The van der Waals surface area contributed by atoms with Crippen LogP contribution in [0.1, 0.15) is 46.4 Å². The van der Waals surface area contributed by atoms with Crippen molar-refractivity contribution in [1.82, 2.24) is 24.3 Å². The molecule has 3 N–H and O–H groups in total. The number of hydrogen-bond acceptors (Lipinski definition) is 8. The number of aromatic nitrogens is 4. The van der Waals surface area contributed by atoms with Gasteiger partial charge in [-0.05, 0) is 55.7 Å². The summed E-state index contributed by atoms with van der Waals surface area (Å²) in [5, 5.41) is 21.7. The number of rotatable bonds is 4. The minimum atomic E-state index is -0.485. The van der Waals surface area contributed by atoms with Crippen LogP contribution in [0.4, 0.5) is 11.8 Å². The van der Waals surface area contributed by atoms with Gasteiger partial charge in [0.1, 0.15) is 11.6 Å². The third-order valence-electron chi connectivity index (χ3n) is 6.48. The van der Waals surface area contributed by atoms with Crippen molar-refractivity contribution in [3.05, 3.63) is 71.2 Å². The molecule has 11 nitrogen and oxygen atoms in total. The van der Waals surface area contributed by atoms with Crippen LogP contribution in [0, 0.1) is 34.5 Å². The Hall–Kier alpha value is -5.73. The van der Waals surface area contributed by atoms with Gasteiger partial charge in [0.2, 0.25) is 5.95 Å². The molecule has 4 aromatic rings. The largest absolute Gasteiger partial charge is 0.369 e. The van der Waals surface area contributed by atoms with E-state index < -0.39 is 5.91 Å². The van der Waals surface area contributed by atoms with Gasteiger partial charge in [-0.25, -0.2) is 15.0 Å². The number of carbonyl (C=O) groups is 2. The summed E-state index contributed by atoms with van der Waals surface area (Å²) in [6.07, 6.45) is 3.72. The van der Waals surface area contributed by atoms with Gasteiger partial charge in [-0.3, -0.25) is 14.0 Å². The molecule has 0 radical (unpaired) electrons. The van der Waals surface area contributed by atoms with Gasteiger partial charge >= 0.3 is 0 Å². The maximum atomic E-state index is 12.9. The van der Waals surface area contributed by atoms with Crippen LogP contribution >= 0.6 is 0 Å². The standard InChI is InChI=1S/C28H21N9O2/c1-2-3-24(38)36-11-8-19(16-36)25-22-7-10-33-28(31)37(22)26(35-25)21-5-4-18(13-20(21)15-30)27(39)34-23-12-17(14-29)6-9-32-23/h4-7,9-10,12-13,19H,8,11,16H2,1H3,(H2,31,33)(H,32,34,39). The summed E-state index contributed by atoms with van der Waals surface area (Å²) >= 11 is 0. The number of carbonyl (C=O) groups excluding carboxylic acids is 2. The fourth-order valence-corrected chi connectivity index (χ4v) is 4.65. The first-order chi connectivity index (χ1) is 18.9. The van der Waals surface area contributed by atoms with E-state index in [0.717, 1.165) is 11.2 Å². The zero-order valence-electron chi connectivity index (χ0n) is 20.8. The highest BCUT2D eigenvalue weighted by atomic mass is 16.2. The first-order valence-corrected chi connectivity index (χ1v) is 12.0. The van der Waals surface area contributed by atoms with Crippen LogP contribution in [0.15, 0.2) is 48.8 Å². The Bertz CT molecular complexity index is 1780. The van der Waals surface area contributed by atoms with E-state index in [1.165, 1.54) is 24.4 Å². The second kappa shape index (κ2) is 10.3. The van der Waals surface area contributed by atoms with Gasteiger partial charge in [-0.15, -0.1) is 0 Å². The Morgan fingerprint density at radius 1 is 1.10 bits per heavy atom. The van der Waals surface area contributed by atoms with Crippen LogP contribution in [-0.2, 0) is 4.79 Å². The Morgan fingerprint density at radius 3 is 2.69 bits per heavy atom. The molecule has 1 atom stereocenters. The molecule has 1 fully saturated rings. The van der Waals surface area contributed by atoms with Gasteiger partial charge in [0.05, 0.1) is 34.5 Å². The summed E-state index contributed by atoms with van der Waals surface area (Å²) < 4.78 is 1.68. The Labute approximate surface area is 223 Å². The normalized spacial score (nSPS) is 14.2. The quantitative estimate of drug-likeness (QED) is 0.391. The molecule has 1 saturated heterocycles. The SMILES string of the molecule is CC#CC(=O)N1CCC(c2nc(-c3ccc(C(=O)Nc4cc(C#N)ccn4)cc3C#N)n3c(N)nccc23)C1. The minimum absolute atomic E-state index is 0.0505. The summed E-state index contributed by atoms with van der Waals surface area (Å²) in [6.45, 7) is 2.65. The average Bonchev–Trinajstić information content (AvgIpc) is 3.59. The van der Waals surface area contributed by atoms with Crippen LogP contribution in [0.2, 0.25) is 0 Å². The first-order valence-electron chi connectivity index (χ1n) is 12.0. The molecular formula is C28H21N9O2. The van der Waals surface area contributed by atoms with Crippen molar-refractivity contribution >= 4 is 29.1 Å². The summed E-state index contributed by atoms with van der Waals surface area (Å²) in [4.78, 5) is 40.0. The van der Waals surface area contributed by atoms with Crippen molar-refractivity contribution in [2.24, 2.45) is 0 Å². The molecule has 4 heterocycles. The van der Waals surface area contributed by atoms with Crippen molar-refractivity contribution in [3.8, 4) is 35.4 Å². The molecule has 0 saturated carbocycles. The van der Waals surface area contributed by atoms with Crippen LogP contribution in [0.3, 0.4) is 0 Å². The predicted octanol–water partition coefficient (Wildman–Crippen LogP) is 2.71. The number of nitrogens with two attached hydrogens (primary N) is 1. The number of nitrogens with one attached hydrogen (secondary N) is 1. The molecule has 0 spiro atoms. The van der Waals surface area contributed by atoms with Crippen LogP contribution < -0.4 is 11.1 Å². The molecule has 190 valence electrons. The van der Waals surface area contributed by atoms with Crippen LogP contribution in [0.5, 0.6) is 0 Å². The summed E-state index contributed by atoms with van der Waals surface area (Å²) in [5.74, 6) is 5.29. The van der Waals surface area contributed by atoms with Crippen molar-refractivity contribution in [2.45, 2.75) is 19.3 Å². The molecule has 5 rings (SSSR count). The van der Waals surface area contributed by atoms with Gasteiger partial charge < -0.3 is 16.0 Å². The maximum Gasteiger partial charge on any atom is 0.298 e. The number of benzene rings is 1. The zero-order chi connectivity index (χ0) is 27.5. The van der Waals surface area contributed by atoms with E-state index in [-0.39, 0.29) is 34.7 Å². The van der Waals surface area contributed by atoms with Crippen molar-refractivity contribution in [1.29, 1.82) is 10.5 Å². The molecule has 0 aliphatic carbocycles. The fraction of sp³-hybridized carbons (Fsp3) is 0.179. The Kier molecular flexibility index (Phi) is 6.61. The first kappa shape index (κ1) is 24.9. The van der Waals surface area contributed by atoms with Crippen molar-refractivity contribution < 1.29 is 9.59 Å². The van der Waals surface area contributed by atoms with Gasteiger partial charge in [0.15, 0.2) is 0 Å². The molecular weight excluding hydrogens is 494 g/mol. The number of likely N-dealkylation sites (tertiary alicyclic amines) is 1. The Balaban J connectivity index is 1.51. The number of nitriles is 2. The van der Waals surface area contributed by atoms with Crippen LogP contribution in [0.25, 0.3) is 16.9 Å². The molecule has 1 aliphatic rings. The molecule has 1 unspecified atom stereocenters. The van der Waals surface area contributed by atoms with E-state index in [0.29, 0.717) is 36.5 Å². The minimum Gasteiger partial charge on any atom is -0.369 e. The van der Waals surface area contributed by atoms with Gasteiger partial charge in [-0.1, -0.05) is 5.92 Å². The number of fused-ring (bicyclic) bond motifs is 1. The lowest BCUT2D eigenvalue weighted by Gasteiger charge is -2.12. The zero-order valence-corrected chi connectivity index (χ0v) is 20.8. The number of pyridine rings is 1. The number of nitrogen functional groups attached to an aromatic ring is 1. The monoisotopic (exact) mass is 515 g/mol. The fourth-order valence-electron chi connectivity index (χ4n) is 4.65. The summed E-state index contributed by atoms with van der Waals surface area (Å²) in [6, 6.07) is 13.6. The highest BCUT2D eigenvalue weighted by Gasteiger charge is 2.31. The van der Waals surface area contributed by atoms with E-state index in [4.69, 9.17) is 16.0 Å². The van der Waals surface area contributed by atoms with E-state index >= 15 is 0 Å². The second-order valence-electron chi connectivity index (χ2n) is 8.82. The number of hydrogen-bond donors (Lipinski definition) is 2. The third-order valence-corrected chi connectivity index (χ3v) is 6.48. The summed E-state index contributed by atoms with van der Waals surface area (Å²) in [7, 11) is 0. The van der Waals surface area contributed by atoms with E-state index in [1.807, 2.05) is 6.07 Å². The van der Waals surface area contributed by atoms with Crippen molar-refractivity contribution in [2.75, 3.05) is 24.1 Å². The highest BCUT2D eigenvalue weighted by Crippen LogP contribution is 2.35. The molecule has 11 heteroatoms. The van der Waals surface area contributed by atoms with E-state index in [2.05, 4.69) is 33.2 Å². The molecule has 3 aromatic heterocycles. The number of nitrogens with zero attached hydrogens (tertiary/aromatic N) is 7. The smallest absolute Gasteiger partial charge is 0.298 e. The predicted molar refractivity (Wildman–Crippen MR) is 142 cm³/mol. The highest BCUT2D eigenvalue weighted by molar-refractivity contribution is 6.04.